The van der Waals surface area contributed by atoms with E-state index in [4.69, 9.17) is 18.9 Å². The number of alkyl halides is 4. The van der Waals surface area contributed by atoms with Gasteiger partial charge in [0.25, 0.3) is 0 Å². The fraction of sp³-hybridized carbons (Fsp3) is 0.714. The van der Waals surface area contributed by atoms with Gasteiger partial charge in [0.15, 0.2) is 18.1 Å². The van der Waals surface area contributed by atoms with E-state index < -0.39 is 77.0 Å². The molecule has 0 spiro atoms. The van der Waals surface area contributed by atoms with Crippen LogP contribution < -0.4 is 0 Å². The Hall–Kier alpha value is -2.60. The van der Waals surface area contributed by atoms with Crippen molar-refractivity contribution in [3.05, 3.63) is 23.8 Å². The molecular formula is C28H34F4O8. The number of ether oxygens (including phenoxy) is 4. The normalized spacial score (nSPS) is 38.5. The van der Waals surface area contributed by atoms with Crippen LogP contribution in [0.4, 0.5) is 17.6 Å². The Morgan fingerprint density at radius 3 is 2.45 bits per heavy atom. The van der Waals surface area contributed by atoms with Crippen LogP contribution in [0.15, 0.2) is 23.8 Å². The van der Waals surface area contributed by atoms with E-state index in [1.165, 1.54) is 32.3 Å². The molecule has 0 N–H and O–H groups in total. The van der Waals surface area contributed by atoms with Gasteiger partial charge in [-0.3, -0.25) is 14.4 Å². The first-order chi connectivity index (χ1) is 18.6. The van der Waals surface area contributed by atoms with Gasteiger partial charge >= 0.3 is 18.1 Å². The summed E-state index contributed by atoms with van der Waals surface area (Å²) in [4.78, 5) is 49.8. The van der Waals surface area contributed by atoms with Crippen LogP contribution >= 0.6 is 0 Å². The fourth-order valence-corrected chi connectivity index (χ4v) is 7.79. The average molecular weight is 575 g/mol. The van der Waals surface area contributed by atoms with E-state index >= 15 is 4.39 Å². The lowest BCUT2D eigenvalue weighted by Crippen LogP contribution is -2.70. The molecule has 12 heteroatoms. The minimum Gasteiger partial charge on any atom is -0.458 e. The van der Waals surface area contributed by atoms with Gasteiger partial charge in [-0.1, -0.05) is 25.5 Å². The van der Waals surface area contributed by atoms with Crippen molar-refractivity contribution in [2.75, 3.05) is 20.5 Å². The van der Waals surface area contributed by atoms with E-state index in [-0.39, 0.29) is 38.3 Å². The van der Waals surface area contributed by atoms with Gasteiger partial charge in [-0.2, -0.15) is 13.2 Å². The molecule has 0 aliphatic heterocycles. The van der Waals surface area contributed by atoms with E-state index in [2.05, 4.69) is 0 Å². The zero-order valence-corrected chi connectivity index (χ0v) is 22.9. The molecular weight excluding hydrogens is 540 g/mol. The zero-order chi connectivity index (χ0) is 29.7. The maximum atomic E-state index is 17.8. The van der Waals surface area contributed by atoms with Crippen LogP contribution in [0, 0.1) is 22.7 Å². The predicted octanol–water partition coefficient (Wildman–Crippen LogP) is 4.35. The van der Waals surface area contributed by atoms with E-state index in [9.17, 15) is 32.3 Å². The number of carbonyl (C=O) groups is 4. The minimum atomic E-state index is -5.39. The number of ketones is 2. The zero-order valence-electron chi connectivity index (χ0n) is 22.9. The van der Waals surface area contributed by atoms with Crippen LogP contribution in [0.1, 0.15) is 59.3 Å². The smallest absolute Gasteiger partial charge is 0.458 e. The molecule has 7 atom stereocenters. The number of methoxy groups -OCH3 is 1. The van der Waals surface area contributed by atoms with Gasteiger partial charge in [0, 0.05) is 30.3 Å². The molecule has 0 aromatic heterocycles. The van der Waals surface area contributed by atoms with Gasteiger partial charge in [0.2, 0.25) is 5.78 Å². The lowest BCUT2D eigenvalue weighted by molar-refractivity contribution is -0.257. The van der Waals surface area contributed by atoms with E-state index in [0.717, 1.165) is 0 Å². The Bertz CT molecular complexity index is 1150. The van der Waals surface area contributed by atoms with Crippen LogP contribution in [0.5, 0.6) is 0 Å². The predicted molar refractivity (Wildman–Crippen MR) is 130 cm³/mol. The Labute approximate surface area is 229 Å². The molecule has 222 valence electrons. The number of hydrogen-bond acceptors (Lipinski definition) is 8. The van der Waals surface area contributed by atoms with Crippen LogP contribution in [0.25, 0.3) is 0 Å². The van der Waals surface area contributed by atoms with Crippen LogP contribution in [0.3, 0.4) is 0 Å². The van der Waals surface area contributed by atoms with Crippen molar-refractivity contribution in [3.63, 3.8) is 0 Å². The third-order valence-electron chi connectivity index (χ3n) is 9.74. The van der Waals surface area contributed by atoms with Gasteiger partial charge < -0.3 is 18.9 Å². The van der Waals surface area contributed by atoms with Gasteiger partial charge in [-0.15, -0.1) is 0 Å². The molecule has 0 heterocycles. The number of fused-ring (bicyclic) bond motifs is 5. The summed E-state index contributed by atoms with van der Waals surface area (Å²) in [6, 6.07) is 0. The second kappa shape index (κ2) is 10.3. The highest BCUT2D eigenvalue weighted by Crippen LogP contribution is 2.71. The highest BCUT2D eigenvalue weighted by molar-refractivity contribution is 6.01. The number of carbonyl (C=O) groups excluding carboxylic acids is 4. The first-order valence-corrected chi connectivity index (χ1v) is 13.3. The van der Waals surface area contributed by atoms with Crippen molar-refractivity contribution >= 4 is 23.5 Å². The quantitative estimate of drug-likeness (QED) is 0.239. The highest BCUT2D eigenvalue weighted by Gasteiger charge is 2.76. The first-order valence-electron chi connectivity index (χ1n) is 13.3. The summed E-state index contributed by atoms with van der Waals surface area (Å²) in [5.41, 5.74) is -6.65. The second-order valence-electron chi connectivity index (χ2n) is 11.5. The lowest BCUT2D eigenvalue weighted by Gasteiger charge is -2.63. The van der Waals surface area contributed by atoms with Gasteiger partial charge in [0.1, 0.15) is 18.5 Å². The van der Waals surface area contributed by atoms with Crippen molar-refractivity contribution in [1.82, 2.24) is 0 Å². The third kappa shape index (κ3) is 4.42. The molecule has 8 nitrogen and oxygen atoms in total. The second-order valence-corrected chi connectivity index (χ2v) is 11.5. The van der Waals surface area contributed by atoms with Crippen LogP contribution in [-0.4, -0.2) is 67.6 Å². The fourth-order valence-electron chi connectivity index (χ4n) is 7.79. The number of halogens is 4. The van der Waals surface area contributed by atoms with Gasteiger partial charge in [0.05, 0.1) is 0 Å². The summed E-state index contributed by atoms with van der Waals surface area (Å²) < 4.78 is 79.3. The van der Waals surface area contributed by atoms with Crippen LogP contribution in [-0.2, 0) is 38.1 Å². The number of rotatable bonds is 8. The molecule has 0 aromatic rings. The third-order valence-corrected chi connectivity index (χ3v) is 9.74. The van der Waals surface area contributed by atoms with Crippen molar-refractivity contribution in [3.8, 4) is 0 Å². The SMILES string of the molecule is CCC(=O)OCC(=O)[C@@]1(OCOC)CC[C@H]2[C@@H]3CCC4=CC(=O)C=C[C@]4(C)[C@@]3(F)[C@@H](OC(=O)C(F)(F)F)C[C@@]21C. The maximum absolute atomic E-state index is 17.8. The molecule has 40 heavy (non-hydrogen) atoms. The van der Waals surface area contributed by atoms with E-state index in [1.54, 1.807) is 13.8 Å². The summed E-state index contributed by atoms with van der Waals surface area (Å²) >= 11 is 0. The number of esters is 2. The molecule has 4 aliphatic carbocycles. The molecule has 0 unspecified atom stereocenters. The van der Waals surface area contributed by atoms with Crippen LogP contribution in [0.2, 0.25) is 0 Å². The van der Waals surface area contributed by atoms with Crippen molar-refractivity contribution < 1.29 is 55.7 Å². The molecule has 0 aromatic carbocycles. The topological polar surface area (TPSA) is 105 Å². The molecule has 3 saturated carbocycles. The largest absolute Gasteiger partial charge is 0.490 e. The molecule has 0 radical (unpaired) electrons. The number of hydrogen-bond donors (Lipinski definition) is 0. The Morgan fingerprint density at radius 2 is 1.82 bits per heavy atom. The van der Waals surface area contributed by atoms with Gasteiger partial charge in [-0.05, 0) is 57.1 Å². The van der Waals surface area contributed by atoms with Crippen molar-refractivity contribution in [2.45, 2.75) is 82.8 Å². The lowest BCUT2D eigenvalue weighted by atomic mass is 9.44. The Morgan fingerprint density at radius 1 is 1.12 bits per heavy atom. The molecule has 4 rings (SSSR count). The summed E-state index contributed by atoms with van der Waals surface area (Å²) in [5, 5.41) is 0. The molecule has 0 saturated heterocycles. The minimum absolute atomic E-state index is 0.0193. The van der Waals surface area contributed by atoms with Gasteiger partial charge in [-0.25, -0.2) is 9.18 Å². The number of allylic oxidation sites excluding steroid dienone is 4. The van der Waals surface area contributed by atoms with Crippen molar-refractivity contribution in [1.29, 1.82) is 0 Å². The molecule has 3 fully saturated rings. The average Bonchev–Trinajstić information content (AvgIpc) is 3.18. The summed E-state index contributed by atoms with van der Waals surface area (Å²) in [6.45, 7) is 3.68. The maximum Gasteiger partial charge on any atom is 0.490 e. The van der Waals surface area contributed by atoms with Crippen molar-refractivity contribution in [2.24, 2.45) is 22.7 Å². The first kappa shape index (κ1) is 30.4. The Balaban J connectivity index is 1.84. The standard InChI is InChI=1S/C28H34F4O8/c1-5-22(35)38-14-20(34)26(39-15-37-4)11-9-18-19-7-6-16-12-17(33)8-10-24(16,2)27(19,29)21(13-25(18,26)3)40-23(36)28(30,31)32/h8,10,12,18-19,21H,5-7,9,11,13-15H2,1-4H3/t18-,19-,21-,24-,25-,26-,27-/m0/s1. The molecule has 0 bridgehead atoms. The highest BCUT2D eigenvalue weighted by atomic mass is 19.4. The molecule has 0 amide bonds. The molecule has 4 aliphatic rings. The monoisotopic (exact) mass is 574 g/mol. The van der Waals surface area contributed by atoms with E-state index in [1.807, 2.05) is 0 Å². The summed E-state index contributed by atoms with van der Waals surface area (Å²) in [5.74, 6) is -5.69. The number of Topliss-reactive ketones (excluding diaryl/α,β-unsaturated/α-hetero) is 1. The Kier molecular flexibility index (Phi) is 7.85. The van der Waals surface area contributed by atoms with E-state index in [0.29, 0.717) is 12.0 Å². The summed E-state index contributed by atoms with van der Waals surface area (Å²) in [6.07, 6.45) is -3.17. The summed E-state index contributed by atoms with van der Waals surface area (Å²) in [7, 11) is 1.33.